The van der Waals surface area contributed by atoms with Gasteiger partial charge in [0.05, 0.1) is 17.1 Å². The van der Waals surface area contributed by atoms with Crippen molar-refractivity contribution in [2.45, 2.75) is 33.7 Å². The first kappa shape index (κ1) is 15.3. The number of imidazole rings is 1. The molecule has 0 amide bonds. The van der Waals surface area contributed by atoms with Gasteiger partial charge in [-0.25, -0.2) is 4.79 Å². The monoisotopic (exact) mass is 306 g/mol. The van der Waals surface area contributed by atoms with Crippen molar-refractivity contribution >= 4 is 16.7 Å². The van der Waals surface area contributed by atoms with E-state index in [9.17, 15) is 4.79 Å². The summed E-state index contributed by atoms with van der Waals surface area (Å²) in [5.41, 5.74) is 6.07. The van der Waals surface area contributed by atoms with E-state index < -0.39 is 0 Å². The van der Waals surface area contributed by atoms with E-state index in [0.717, 1.165) is 22.3 Å². The maximum atomic E-state index is 13.0. The smallest absolute Gasteiger partial charge is 0.284 e. The molecule has 0 saturated carbocycles. The number of aromatic nitrogens is 2. The third kappa shape index (κ3) is 2.42. The van der Waals surface area contributed by atoms with Crippen molar-refractivity contribution in [1.82, 2.24) is 9.13 Å². The van der Waals surface area contributed by atoms with Crippen LogP contribution in [0.15, 0.2) is 53.8 Å². The first-order valence-electron chi connectivity index (χ1n) is 7.87. The number of allylic oxidation sites excluding steroid dienone is 1. The molecule has 3 nitrogen and oxygen atoms in total. The summed E-state index contributed by atoms with van der Waals surface area (Å²) < 4.78 is 3.58. The van der Waals surface area contributed by atoms with Gasteiger partial charge in [-0.2, -0.15) is 0 Å². The molecule has 1 unspecified atom stereocenters. The Hall–Kier alpha value is -2.55. The van der Waals surface area contributed by atoms with Crippen molar-refractivity contribution in [2.75, 3.05) is 0 Å². The number of hydrogen-bond acceptors (Lipinski definition) is 1. The molecule has 2 aromatic carbocycles. The van der Waals surface area contributed by atoms with Crippen molar-refractivity contribution in [3.05, 3.63) is 76.2 Å². The van der Waals surface area contributed by atoms with Gasteiger partial charge in [-0.15, -0.1) is 0 Å². The fourth-order valence-electron chi connectivity index (χ4n) is 3.10. The summed E-state index contributed by atoms with van der Waals surface area (Å²) in [6, 6.07) is 14.3. The van der Waals surface area contributed by atoms with Crippen LogP contribution in [0.1, 0.15) is 36.6 Å². The Labute approximate surface area is 136 Å². The van der Waals surface area contributed by atoms with E-state index in [0.29, 0.717) is 0 Å². The summed E-state index contributed by atoms with van der Waals surface area (Å²) >= 11 is 0. The molecule has 0 fully saturated rings. The largest absolute Gasteiger partial charge is 0.334 e. The van der Waals surface area contributed by atoms with E-state index in [1.165, 1.54) is 11.1 Å². The zero-order valence-electron chi connectivity index (χ0n) is 14.1. The second kappa shape index (κ2) is 5.58. The zero-order chi connectivity index (χ0) is 16.7. The quantitative estimate of drug-likeness (QED) is 0.699. The molecule has 0 spiro atoms. The van der Waals surface area contributed by atoms with Gasteiger partial charge in [-0.1, -0.05) is 36.9 Å². The lowest BCUT2D eigenvalue weighted by molar-refractivity contribution is 0.627. The third-order valence-corrected chi connectivity index (χ3v) is 4.54. The Morgan fingerprint density at radius 2 is 1.61 bits per heavy atom. The molecule has 0 saturated heterocycles. The number of benzene rings is 2. The van der Waals surface area contributed by atoms with Gasteiger partial charge in [0.2, 0.25) is 0 Å². The molecule has 0 radical (unpaired) electrons. The van der Waals surface area contributed by atoms with E-state index in [1.807, 2.05) is 29.7 Å². The number of aryl methyl sites for hydroxylation is 2. The molecule has 0 aliphatic carbocycles. The van der Waals surface area contributed by atoms with Crippen molar-refractivity contribution < 1.29 is 0 Å². The minimum Gasteiger partial charge on any atom is -0.284 e. The van der Waals surface area contributed by atoms with Gasteiger partial charge in [0, 0.05) is 5.70 Å². The summed E-state index contributed by atoms with van der Waals surface area (Å²) in [4.78, 5) is 13.0. The number of hydrogen-bond donors (Lipinski definition) is 0. The SMILES string of the molecule is C=C(C)n1c(=O)n(C(C)c2ccccc2)c2cc(C)c(C)cc21. The van der Waals surface area contributed by atoms with E-state index in [2.05, 4.69) is 51.6 Å². The molecular weight excluding hydrogens is 284 g/mol. The van der Waals surface area contributed by atoms with Crippen molar-refractivity contribution in [3.63, 3.8) is 0 Å². The molecular formula is C20H22N2O. The number of nitrogens with zero attached hydrogens (tertiary/aromatic N) is 2. The van der Waals surface area contributed by atoms with Gasteiger partial charge in [0.15, 0.2) is 0 Å². The third-order valence-electron chi connectivity index (χ3n) is 4.54. The van der Waals surface area contributed by atoms with Crippen LogP contribution in [0, 0.1) is 13.8 Å². The Balaban J connectivity index is 2.37. The average Bonchev–Trinajstić information content (AvgIpc) is 2.79. The lowest BCUT2D eigenvalue weighted by atomic mass is 10.1. The zero-order valence-corrected chi connectivity index (χ0v) is 14.1. The standard InChI is InChI=1S/C20H22N2O/c1-13(2)21-18-11-14(3)15(4)12-19(18)22(20(21)23)16(5)17-9-7-6-8-10-17/h6-12,16H,1H2,2-5H3. The van der Waals surface area contributed by atoms with Crippen molar-refractivity contribution in [1.29, 1.82) is 0 Å². The molecule has 3 heteroatoms. The van der Waals surface area contributed by atoms with Crippen LogP contribution in [0.5, 0.6) is 0 Å². The summed E-state index contributed by atoms with van der Waals surface area (Å²) in [5.74, 6) is 0. The van der Waals surface area contributed by atoms with Crippen LogP contribution in [-0.2, 0) is 0 Å². The van der Waals surface area contributed by atoms with E-state index in [1.54, 1.807) is 4.57 Å². The van der Waals surface area contributed by atoms with Crippen LogP contribution in [0.25, 0.3) is 16.7 Å². The van der Waals surface area contributed by atoms with Crippen LogP contribution in [0.2, 0.25) is 0 Å². The highest BCUT2D eigenvalue weighted by atomic mass is 16.1. The van der Waals surface area contributed by atoms with Gasteiger partial charge in [0.25, 0.3) is 0 Å². The fourth-order valence-corrected chi connectivity index (χ4v) is 3.10. The summed E-state index contributed by atoms with van der Waals surface area (Å²) in [6.45, 7) is 12.1. The van der Waals surface area contributed by atoms with Gasteiger partial charge in [-0.3, -0.25) is 9.13 Å². The fraction of sp³-hybridized carbons (Fsp3) is 0.250. The molecule has 1 heterocycles. The highest BCUT2D eigenvalue weighted by molar-refractivity contribution is 5.81. The van der Waals surface area contributed by atoms with E-state index >= 15 is 0 Å². The summed E-state index contributed by atoms with van der Waals surface area (Å²) in [6.07, 6.45) is 0. The summed E-state index contributed by atoms with van der Waals surface area (Å²) in [7, 11) is 0. The van der Waals surface area contributed by atoms with Gasteiger partial charge >= 0.3 is 5.69 Å². The molecule has 3 aromatic rings. The van der Waals surface area contributed by atoms with Crippen molar-refractivity contribution in [2.24, 2.45) is 0 Å². The molecule has 23 heavy (non-hydrogen) atoms. The highest BCUT2D eigenvalue weighted by Crippen LogP contribution is 2.26. The topological polar surface area (TPSA) is 26.9 Å². The normalized spacial score (nSPS) is 12.5. The Bertz CT molecular complexity index is 945. The Kier molecular flexibility index (Phi) is 3.72. The molecule has 0 bridgehead atoms. The van der Waals surface area contributed by atoms with Crippen LogP contribution in [0.3, 0.4) is 0 Å². The minimum absolute atomic E-state index is 0.0334. The Morgan fingerprint density at radius 3 is 2.17 bits per heavy atom. The van der Waals surface area contributed by atoms with Crippen LogP contribution >= 0.6 is 0 Å². The molecule has 3 rings (SSSR count). The molecule has 1 atom stereocenters. The van der Waals surface area contributed by atoms with Crippen molar-refractivity contribution in [3.8, 4) is 0 Å². The molecule has 0 aliphatic heterocycles. The molecule has 0 aliphatic rings. The first-order valence-corrected chi connectivity index (χ1v) is 7.87. The maximum Gasteiger partial charge on any atom is 0.334 e. The summed E-state index contributed by atoms with van der Waals surface area (Å²) in [5, 5.41) is 0. The average molecular weight is 306 g/mol. The lowest BCUT2D eigenvalue weighted by Gasteiger charge is -2.14. The second-order valence-electron chi connectivity index (χ2n) is 6.24. The first-order chi connectivity index (χ1) is 10.9. The van der Waals surface area contributed by atoms with Crippen LogP contribution < -0.4 is 5.69 Å². The molecule has 118 valence electrons. The lowest BCUT2D eigenvalue weighted by Crippen LogP contribution is -2.26. The predicted molar refractivity (Wildman–Crippen MR) is 96.9 cm³/mol. The van der Waals surface area contributed by atoms with E-state index in [-0.39, 0.29) is 11.7 Å². The Morgan fingerprint density at radius 1 is 1.04 bits per heavy atom. The molecule has 1 aromatic heterocycles. The minimum atomic E-state index is -0.0335. The predicted octanol–water partition coefficient (Wildman–Crippen LogP) is 4.52. The highest BCUT2D eigenvalue weighted by Gasteiger charge is 2.19. The second-order valence-corrected chi connectivity index (χ2v) is 6.24. The van der Waals surface area contributed by atoms with Crippen LogP contribution in [-0.4, -0.2) is 9.13 Å². The molecule has 0 N–H and O–H groups in total. The number of fused-ring (bicyclic) bond motifs is 1. The van der Waals surface area contributed by atoms with Gasteiger partial charge < -0.3 is 0 Å². The van der Waals surface area contributed by atoms with Gasteiger partial charge in [0.1, 0.15) is 0 Å². The van der Waals surface area contributed by atoms with Gasteiger partial charge in [-0.05, 0) is 56.5 Å². The number of rotatable bonds is 3. The van der Waals surface area contributed by atoms with Crippen LogP contribution in [0.4, 0.5) is 0 Å². The van der Waals surface area contributed by atoms with E-state index in [4.69, 9.17) is 0 Å². The maximum absolute atomic E-state index is 13.0.